The van der Waals surface area contributed by atoms with Crippen molar-refractivity contribution in [3.05, 3.63) is 71.8 Å². The third-order valence-electron chi connectivity index (χ3n) is 3.81. The summed E-state index contributed by atoms with van der Waals surface area (Å²) >= 11 is 0. The monoisotopic (exact) mass is 298 g/mol. The summed E-state index contributed by atoms with van der Waals surface area (Å²) in [6.45, 7) is 0.404. The van der Waals surface area contributed by atoms with E-state index in [1.807, 2.05) is 48.5 Å². The van der Waals surface area contributed by atoms with Crippen molar-refractivity contribution in [2.24, 2.45) is 5.73 Å². The number of hydrogen-bond acceptors (Lipinski definition) is 3. The van der Waals surface area contributed by atoms with Crippen LogP contribution in [0.2, 0.25) is 0 Å². The van der Waals surface area contributed by atoms with Crippen LogP contribution < -0.4 is 5.73 Å². The first kappa shape index (κ1) is 16.2. The summed E-state index contributed by atoms with van der Waals surface area (Å²) in [5.74, 6) is -0.117. The average Bonchev–Trinajstić information content (AvgIpc) is 2.59. The predicted molar refractivity (Wildman–Crippen MR) is 87.4 cm³/mol. The van der Waals surface area contributed by atoms with Gasteiger partial charge in [0.1, 0.15) is 0 Å². The summed E-state index contributed by atoms with van der Waals surface area (Å²) in [6.07, 6.45) is -0.229. The lowest BCUT2D eigenvalue weighted by Gasteiger charge is -2.32. The third-order valence-corrected chi connectivity index (χ3v) is 3.81. The Bertz CT molecular complexity index is 587. The van der Waals surface area contributed by atoms with Crippen LogP contribution in [0, 0.1) is 0 Å². The molecule has 0 aliphatic rings. The first-order valence-electron chi connectivity index (χ1n) is 7.40. The van der Waals surface area contributed by atoms with Crippen LogP contribution in [0.15, 0.2) is 60.7 Å². The summed E-state index contributed by atoms with van der Waals surface area (Å²) in [4.78, 5) is 14.2. The number of amides is 1. The molecular formula is C18H22N2O2. The van der Waals surface area contributed by atoms with E-state index in [-0.39, 0.29) is 11.9 Å². The zero-order valence-electron chi connectivity index (χ0n) is 12.7. The lowest BCUT2D eigenvalue weighted by Crippen LogP contribution is -2.42. The van der Waals surface area contributed by atoms with E-state index < -0.39 is 6.10 Å². The molecule has 0 bridgehead atoms. The minimum atomic E-state index is -0.762. The number of carbonyl (C=O) groups is 1. The molecule has 0 aliphatic heterocycles. The van der Waals surface area contributed by atoms with Crippen LogP contribution in [0.1, 0.15) is 28.4 Å². The van der Waals surface area contributed by atoms with E-state index in [0.29, 0.717) is 18.5 Å². The second-order valence-corrected chi connectivity index (χ2v) is 5.28. The van der Waals surface area contributed by atoms with E-state index in [2.05, 4.69) is 0 Å². The predicted octanol–water partition coefficient (Wildman–Crippen LogP) is 2.21. The molecule has 2 rings (SSSR count). The highest BCUT2D eigenvalue weighted by atomic mass is 16.3. The molecule has 3 N–H and O–H groups in total. The molecule has 0 heterocycles. The largest absolute Gasteiger partial charge is 0.386 e. The summed E-state index contributed by atoms with van der Waals surface area (Å²) in [6, 6.07) is 18.1. The Hall–Kier alpha value is -2.17. The molecule has 22 heavy (non-hydrogen) atoms. The Morgan fingerprint density at radius 2 is 1.64 bits per heavy atom. The molecule has 0 aromatic heterocycles. The highest BCUT2D eigenvalue weighted by molar-refractivity contribution is 5.94. The fraction of sp³-hybridized carbons (Fsp3) is 0.278. The molecular weight excluding hydrogens is 276 g/mol. The summed E-state index contributed by atoms with van der Waals surface area (Å²) < 4.78 is 0. The number of hydrogen-bond donors (Lipinski definition) is 2. The van der Waals surface area contributed by atoms with Gasteiger partial charge in [-0.1, -0.05) is 48.5 Å². The zero-order chi connectivity index (χ0) is 15.9. The number of nitrogens with two attached hydrogens (primary N) is 1. The maximum atomic E-state index is 12.6. The molecule has 0 unspecified atom stereocenters. The fourth-order valence-corrected chi connectivity index (χ4v) is 2.54. The van der Waals surface area contributed by atoms with E-state index in [1.54, 1.807) is 24.1 Å². The molecule has 2 aromatic carbocycles. The van der Waals surface area contributed by atoms with Crippen molar-refractivity contribution < 1.29 is 9.90 Å². The molecule has 116 valence electrons. The third kappa shape index (κ3) is 3.72. The van der Waals surface area contributed by atoms with E-state index in [0.717, 1.165) is 5.56 Å². The van der Waals surface area contributed by atoms with E-state index in [9.17, 15) is 9.90 Å². The van der Waals surface area contributed by atoms with Crippen molar-refractivity contribution >= 4 is 5.91 Å². The lowest BCUT2D eigenvalue weighted by molar-refractivity contribution is 0.0419. The Morgan fingerprint density at radius 3 is 2.18 bits per heavy atom. The van der Waals surface area contributed by atoms with Gasteiger partial charge < -0.3 is 15.7 Å². The van der Waals surface area contributed by atoms with Crippen LogP contribution in [-0.4, -0.2) is 35.5 Å². The van der Waals surface area contributed by atoms with Gasteiger partial charge in [-0.05, 0) is 30.7 Å². The van der Waals surface area contributed by atoms with Gasteiger partial charge in [0, 0.05) is 12.6 Å². The standard InChI is InChI=1S/C18H22N2O2/c1-20(18(22)15-10-6-3-7-11-15)16(12-13-19)17(21)14-8-4-2-5-9-14/h2-11,16-17,21H,12-13,19H2,1H3/t16-,17+/m1/s1. The lowest BCUT2D eigenvalue weighted by atomic mass is 9.98. The number of benzene rings is 2. The van der Waals surface area contributed by atoms with Gasteiger partial charge in [0.2, 0.25) is 0 Å². The summed E-state index contributed by atoms with van der Waals surface area (Å²) in [7, 11) is 1.71. The van der Waals surface area contributed by atoms with Crippen molar-refractivity contribution in [3.8, 4) is 0 Å². The number of nitrogens with zero attached hydrogens (tertiary/aromatic N) is 1. The maximum Gasteiger partial charge on any atom is 0.253 e. The van der Waals surface area contributed by atoms with Crippen molar-refractivity contribution in [2.45, 2.75) is 18.6 Å². The Balaban J connectivity index is 2.21. The quantitative estimate of drug-likeness (QED) is 0.859. The highest BCUT2D eigenvalue weighted by Crippen LogP contribution is 2.23. The first-order valence-corrected chi connectivity index (χ1v) is 7.40. The van der Waals surface area contributed by atoms with Gasteiger partial charge in [-0.2, -0.15) is 0 Å². The Morgan fingerprint density at radius 1 is 1.09 bits per heavy atom. The smallest absolute Gasteiger partial charge is 0.253 e. The summed E-state index contributed by atoms with van der Waals surface area (Å²) in [5, 5.41) is 10.6. The molecule has 4 heteroatoms. The highest BCUT2D eigenvalue weighted by Gasteiger charge is 2.28. The molecule has 0 saturated heterocycles. The Kier molecular flexibility index (Phi) is 5.69. The topological polar surface area (TPSA) is 66.6 Å². The molecule has 2 aromatic rings. The van der Waals surface area contributed by atoms with E-state index in [4.69, 9.17) is 5.73 Å². The molecule has 0 radical (unpaired) electrons. The van der Waals surface area contributed by atoms with Crippen molar-refractivity contribution in [2.75, 3.05) is 13.6 Å². The van der Waals surface area contributed by atoms with Crippen LogP contribution >= 0.6 is 0 Å². The van der Waals surface area contributed by atoms with Gasteiger partial charge >= 0.3 is 0 Å². The molecule has 0 spiro atoms. The first-order chi connectivity index (χ1) is 10.6. The molecule has 4 nitrogen and oxygen atoms in total. The van der Waals surface area contributed by atoms with Crippen molar-refractivity contribution in [1.29, 1.82) is 0 Å². The maximum absolute atomic E-state index is 12.6. The molecule has 0 aliphatic carbocycles. The summed E-state index contributed by atoms with van der Waals surface area (Å²) in [5.41, 5.74) is 7.06. The SMILES string of the molecule is CN(C(=O)c1ccccc1)[C@H](CCN)[C@@H](O)c1ccccc1. The number of aliphatic hydroxyl groups is 1. The molecule has 1 amide bonds. The van der Waals surface area contributed by atoms with Gasteiger partial charge in [0.25, 0.3) is 5.91 Å². The van der Waals surface area contributed by atoms with Crippen LogP contribution in [0.5, 0.6) is 0 Å². The molecule has 0 saturated carbocycles. The zero-order valence-corrected chi connectivity index (χ0v) is 12.7. The van der Waals surface area contributed by atoms with Gasteiger partial charge in [-0.3, -0.25) is 4.79 Å². The van der Waals surface area contributed by atoms with Gasteiger partial charge in [0.05, 0.1) is 12.1 Å². The van der Waals surface area contributed by atoms with E-state index in [1.165, 1.54) is 0 Å². The van der Waals surface area contributed by atoms with Crippen LogP contribution in [0.25, 0.3) is 0 Å². The van der Waals surface area contributed by atoms with Gasteiger partial charge in [-0.25, -0.2) is 0 Å². The minimum Gasteiger partial charge on any atom is -0.386 e. The number of rotatable bonds is 6. The van der Waals surface area contributed by atoms with Crippen LogP contribution in [-0.2, 0) is 0 Å². The second kappa shape index (κ2) is 7.73. The van der Waals surface area contributed by atoms with Crippen LogP contribution in [0.4, 0.5) is 0 Å². The van der Waals surface area contributed by atoms with Crippen molar-refractivity contribution in [3.63, 3.8) is 0 Å². The van der Waals surface area contributed by atoms with Gasteiger partial charge in [0.15, 0.2) is 0 Å². The van der Waals surface area contributed by atoms with Gasteiger partial charge in [-0.15, -0.1) is 0 Å². The molecule has 2 atom stereocenters. The second-order valence-electron chi connectivity index (χ2n) is 5.28. The minimum absolute atomic E-state index is 0.117. The van der Waals surface area contributed by atoms with E-state index >= 15 is 0 Å². The Labute approximate surface area is 131 Å². The van der Waals surface area contributed by atoms with Crippen molar-refractivity contribution in [1.82, 2.24) is 4.90 Å². The normalized spacial score (nSPS) is 13.4. The average molecular weight is 298 g/mol. The number of aliphatic hydroxyl groups excluding tert-OH is 1. The molecule has 0 fully saturated rings. The fourth-order valence-electron chi connectivity index (χ4n) is 2.54. The number of likely N-dealkylation sites (N-methyl/N-ethyl adjacent to an activating group) is 1. The van der Waals surface area contributed by atoms with Crippen LogP contribution in [0.3, 0.4) is 0 Å². The number of carbonyl (C=O) groups excluding carboxylic acids is 1.